The van der Waals surface area contributed by atoms with Crippen molar-refractivity contribution in [3.8, 4) is 0 Å². The molecule has 0 heterocycles. The third kappa shape index (κ3) is 51.4. The van der Waals surface area contributed by atoms with E-state index >= 15 is 0 Å². The van der Waals surface area contributed by atoms with Gasteiger partial charge in [-0.15, -0.1) is 0 Å². The number of esters is 3. The van der Waals surface area contributed by atoms with Crippen molar-refractivity contribution in [2.45, 2.75) is 258 Å². The zero-order chi connectivity index (χ0) is 47.2. The maximum atomic E-state index is 12.8. The molecule has 0 fully saturated rings. The van der Waals surface area contributed by atoms with E-state index in [2.05, 4.69) is 106 Å². The normalized spacial score (nSPS) is 12.7. The van der Waals surface area contributed by atoms with Crippen molar-refractivity contribution in [2.24, 2.45) is 0 Å². The van der Waals surface area contributed by atoms with E-state index in [1.807, 2.05) is 0 Å². The van der Waals surface area contributed by atoms with Gasteiger partial charge in [-0.2, -0.15) is 0 Å². The third-order valence-electron chi connectivity index (χ3n) is 11.4. The van der Waals surface area contributed by atoms with Crippen LogP contribution in [-0.4, -0.2) is 37.2 Å². The first-order chi connectivity index (χ1) is 32.0. The van der Waals surface area contributed by atoms with Crippen molar-refractivity contribution in [2.75, 3.05) is 13.2 Å². The maximum absolute atomic E-state index is 12.8. The highest BCUT2D eigenvalue weighted by atomic mass is 16.6. The van der Waals surface area contributed by atoms with Gasteiger partial charge >= 0.3 is 17.9 Å². The fourth-order valence-electron chi connectivity index (χ4n) is 7.38. The second-order valence-corrected chi connectivity index (χ2v) is 17.8. The molecule has 6 nitrogen and oxygen atoms in total. The molecule has 0 spiro atoms. The van der Waals surface area contributed by atoms with E-state index < -0.39 is 6.10 Å². The summed E-state index contributed by atoms with van der Waals surface area (Å²) in [7, 11) is 0. The summed E-state index contributed by atoms with van der Waals surface area (Å²) < 4.78 is 16.8. The molecule has 0 aliphatic rings. The molecule has 0 N–H and O–H groups in total. The Hall–Kier alpha value is -3.41. The first kappa shape index (κ1) is 61.6. The van der Waals surface area contributed by atoms with Crippen molar-refractivity contribution in [3.63, 3.8) is 0 Å². The van der Waals surface area contributed by atoms with Crippen LogP contribution in [0.3, 0.4) is 0 Å². The molecule has 0 amide bonds. The number of rotatable bonds is 48. The van der Waals surface area contributed by atoms with Crippen LogP contribution in [0.25, 0.3) is 0 Å². The van der Waals surface area contributed by atoms with Crippen LogP contribution < -0.4 is 0 Å². The number of carbonyl (C=O) groups is 3. The number of hydrogen-bond acceptors (Lipinski definition) is 6. The smallest absolute Gasteiger partial charge is 0.306 e. The molecule has 1 unspecified atom stereocenters. The van der Waals surface area contributed by atoms with Gasteiger partial charge in [-0.1, -0.05) is 241 Å². The lowest BCUT2D eigenvalue weighted by atomic mass is 10.0. The average Bonchev–Trinajstić information content (AvgIpc) is 3.30. The lowest BCUT2D eigenvalue weighted by molar-refractivity contribution is -0.167. The summed E-state index contributed by atoms with van der Waals surface area (Å²) in [6.07, 6.45) is 68.6. The highest BCUT2D eigenvalue weighted by Gasteiger charge is 2.19. The Morgan fingerprint density at radius 2 is 0.677 bits per heavy atom. The van der Waals surface area contributed by atoms with Crippen LogP contribution in [0.5, 0.6) is 0 Å². The molecule has 0 bridgehead atoms. The van der Waals surface area contributed by atoms with Gasteiger partial charge < -0.3 is 14.2 Å². The van der Waals surface area contributed by atoms with Crippen LogP contribution in [0.15, 0.2) is 85.1 Å². The van der Waals surface area contributed by atoms with E-state index in [0.717, 1.165) is 89.9 Å². The Labute approximate surface area is 401 Å². The van der Waals surface area contributed by atoms with Crippen molar-refractivity contribution < 1.29 is 28.6 Å². The Morgan fingerprint density at radius 3 is 1.15 bits per heavy atom. The molecular formula is C59H100O6. The quantitative estimate of drug-likeness (QED) is 0.0199. The van der Waals surface area contributed by atoms with E-state index in [0.29, 0.717) is 19.3 Å². The van der Waals surface area contributed by atoms with Crippen LogP contribution in [0.2, 0.25) is 0 Å². The molecular weight excluding hydrogens is 805 g/mol. The van der Waals surface area contributed by atoms with Crippen molar-refractivity contribution in [1.29, 1.82) is 0 Å². The number of allylic oxidation sites excluding steroid dienone is 14. The molecule has 0 radical (unpaired) electrons. The standard InChI is InChI=1S/C59H100O6/c1-4-7-10-13-16-19-22-25-27-29-31-34-37-40-43-46-49-52-58(61)64-55-56(54-63-57(60)51-48-45-42-39-36-33-24-21-18-15-12-9-6-3)65-59(62)53-50-47-44-41-38-35-32-30-28-26-23-20-17-14-11-8-5-2/h9,12,15-16,18-19,21,24-25,27,31,34,40,43,56H,4-8,10-11,13-14,17,20,22-23,26,28-30,32-33,35-39,41-42,44-55H2,1-3H3/b12-9-,18-15-,19-16-,24-21-,27-25-,34-31-,43-40-. The molecule has 372 valence electrons. The van der Waals surface area contributed by atoms with Gasteiger partial charge in [0.1, 0.15) is 13.2 Å². The highest BCUT2D eigenvalue weighted by molar-refractivity contribution is 5.71. The largest absolute Gasteiger partial charge is 0.462 e. The fraction of sp³-hybridized carbons (Fsp3) is 0.712. The molecule has 0 saturated carbocycles. The molecule has 65 heavy (non-hydrogen) atoms. The van der Waals surface area contributed by atoms with Gasteiger partial charge in [0, 0.05) is 19.3 Å². The summed E-state index contributed by atoms with van der Waals surface area (Å²) in [5.74, 6) is -0.975. The summed E-state index contributed by atoms with van der Waals surface area (Å²) in [4.78, 5) is 38.0. The van der Waals surface area contributed by atoms with Crippen molar-refractivity contribution in [3.05, 3.63) is 85.1 Å². The van der Waals surface area contributed by atoms with Crippen molar-refractivity contribution >= 4 is 17.9 Å². The number of unbranched alkanes of at least 4 members (excludes halogenated alkanes) is 25. The zero-order valence-electron chi connectivity index (χ0n) is 42.5. The second-order valence-electron chi connectivity index (χ2n) is 17.8. The number of carbonyl (C=O) groups excluding carboxylic acids is 3. The van der Waals surface area contributed by atoms with E-state index in [4.69, 9.17) is 14.2 Å². The van der Waals surface area contributed by atoms with Gasteiger partial charge in [0.25, 0.3) is 0 Å². The Morgan fingerprint density at radius 1 is 0.338 bits per heavy atom. The first-order valence-corrected chi connectivity index (χ1v) is 27.1. The van der Waals surface area contributed by atoms with Gasteiger partial charge in [0.05, 0.1) is 0 Å². The SMILES string of the molecule is CC\C=C/C=C\C=C/CCCCCCCC(=O)OCC(COC(=O)CCC/C=C\C/C=C\C/C=C\C/C=C\CCCCC)OC(=O)CCCCCCCCCCCCCCCCCCC. The van der Waals surface area contributed by atoms with Crippen LogP contribution >= 0.6 is 0 Å². The molecule has 0 aliphatic carbocycles. The van der Waals surface area contributed by atoms with Gasteiger partial charge in [0.15, 0.2) is 6.10 Å². The molecule has 6 heteroatoms. The molecule has 1 atom stereocenters. The summed E-state index contributed by atoms with van der Waals surface area (Å²) in [5, 5.41) is 0. The molecule has 0 saturated heterocycles. The monoisotopic (exact) mass is 905 g/mol. The minimum atomic E-state index is -0.805. The number of ether oxygens (including phenoxy) is 3. The summed E-state index contributed by atoms with van der Waals surface area (Å²) >= 11 is 0. The molecule has 0 aromatic heterocycles. The average molecular weight is 905 g/mol. The van der Waals surface area contributed by atoms with Crippen LogP contribution in [-0.2, 0) is 28.6 Å². The molecule has 0 aromatic carbocycles. The van der Waals surface area contributed by atoms with Crippen LogP contribution in [0.1, 0.15) is 252 Å². The van der Waals surface area contributed by atoms with E-state index in [1.165, 1.54) is 116 Å². The summed E-state index contributed by atoms with van der Waals surface area (Å²) in [6, 6.07) is 0. The molecule has 0 aromatic rings. The topological polar surface area (TPSA) is 78.9 Å². The second kappa shape index (κ2) is 53.2. The third-order valence-corrected chi connectivity index (χ3v) is 11.4. The summed E-state index contributed by atoms with van der Waals surface area (Å²) in [6.45, 7) is 6.42. The lowest BCUT2D eigenvalue weighted by Gasteiger charge is -2.18. The van der Waals surface area contributed by atoms with Gasteiger partial charge in [-0.05, 0) is 77.0 Å². The zero-order valence-corrected chi connectivity index (χ0v) is 42.5. The minimum Gasteiger partial charge on any atom is -0.462 e. The Balaban J connectivity index is 4.47. The van der Waals surface area contributed by atoms with Crippen LogP contribution in [0.4, 0.5) is 0 Å². The Kier molecular flexibility index (Phi) is 50.4. The van der Waals surface area contributed by atoms with Crippen molar-refractivity contribution in [1.82, 2.24) is 0 Å². The Bertz CT molecular complexity index is 1270. The van der Waals surface area contributed by atoms with Crippen LogP contribution in [0, 0.1) is 0 Å². The van der Waals surface area contributed by atoms with E-state index in [-0.39, 0.29) is 37.5 Å². The van der Waals surface area contributed by atoms with E-state index in [9.17, 15) is 14.4 Å². The highest BCUT2D eigenvalue weighted by Crippen LogP contribution is 2.15. The molecule has 0 rings (SSSR count). The lowest BCUT2D eigenvalue weighted by Crippen LogP contribution is -2.30. The minimum absolute atomic E-state index is 0.103. The van der Waals surface area contributed by atoms with Gasteiger partial charge in [-0.25, -0.2) is 0 Å². The predicted molar refractivity (Wildman–Crippen MR) is 279 cm³/mol. The number of hydrogen-bond donors (Lipinski definition) is 0. The predicted octanol–water partition coefficient (Wildman–Crippen LogP) is 18.0. The molecule has 0 aliphatic heterocycles. The van der Waals surface area contributed by atoms with Gasteiger partial charge in [0.2, 0.25) is 0 Å². The van der Waals surface area contributed by atoms with E-state index in [1.54, 1.807) is 0 Å². The summed E-state index contributed by atoms with van der Waals surface area (Å²) in [5.41, 5.74) is 0. The maximum Gasteiger partial charge on any atom is 0.306 e. The fourth-order valence-corrected chi connectivity index (χ4v) is 7.38. The van der Waals surface area contributed by atoms with Gasteiger partial charge in [-0.3, -0.25) is 14.4 Å². The first-order valence-electron chi connectivity index (χ1n) is 27.1.